The number of Topliss-reactive ketones (excluding diaryl/α,β-unsaturated/α-hetero) is 1. The summed E-state index contributed by atoms with van der Waals surface area (Å²) in [6, 6.07) is 2.37. The standard InChI is InChI=1S/C9H7Br2NO4/c1-4(10)8(13)6-2-5(11)3-7(9(6)14)12(15)16/h2-4,14H,1H3/p-1/t4-/m0/s1. The van der Waals surface area contributed by atoms with Gasteiger partial charge in [-0.1, -0.05) is 31.9 Å². The van der Waals surface area contributed by atoms with Crippen molar-refractivity contribution < 1.29 is 14.8 Å². The molecule has 0 aliphatic carbocycles. The Morgan fingerprint density at radius 1 is 1.50 bits per heavy atom. The second-order valence-corrected chi connectivity index (χ2v) is 5.33. The number of nitro groups is 1. The van der Waals surface area contributed by atoms with Crippen LogP contribution in [0.5, 0.6) is 5.75 Å². The molecular formula is C9H6Br2NO4-. The van der Waals surface area contributed by atoms with Gasteiger partial charge in [0.15, 0.2) is 5.78 Å². The Morgan fingerprint density at radius 3 is 2.50 bits per heavy atom. The normalized spacial score (nSPS) is 12.2. The molecule has 1 aromatic carbocycles. The summed E-state index contributed by atoms with van der Waals surface area (Å²) in [7, 11) is 0. The molecule has 1 aromatic rings. The van der Waals surface area contributed by atoms with Crippen molar-refractivity contribution in [2.75, 3.05) is 0 Å². The molecule has 86 valence electrons. The Hall–Kier alpha value is -0.950. The van der Waals surface area contributed by atoms with Crippen LogP contribution in [0.3, 0.4) is 0 Å². The lowest BCUT2D eigenvalue weighted by Crippen LogP contribution is -2.14. The molecule has 16 heavy (non-hydrogen) atoms. The first-order valence-electron chi connectivity index (χ1n) is 4.17. The SMILES string of the molecule is C[C@H](Br)C(=O)c1cc(Br)cc([N+](=O)[O-])c1[O-]. The van der Waals surface area contributed by atoms with Gasteiger partial charge in [-0.2, -0.15) is 0 Å². The van der Waals surface area contributed by atoms with Crippen LogP contribution >= 0.6 is 31.9 Å². The van der Waals surface area contributed by atoms with Crippen LogP contribution < -0.4 is 5.11 Å². The van der Waals surface area contributed by atoms with Crippen LogP contribution in [0.25, 0.3) is 0 Å². The lowest BCUT2D eigenvalue weighted by Gasteiger charge is -2.14. The first-order chi connectivity index (χ1) is 7.34. The Labute approximate surface area is 108 Å². The van der Waals surface area contributed by atoms with E-state index in [0.717, 1.165) is 6.07 Å². The summed E-state index contributed by atoms with van der Waals surface area (Å²) in [5, 5.41) is 22.2. The summed E-state index contributed by atoms with van der Waals surface area (Å²) in [6.07, 6.45) is 0. The summed E-state index contributed by atoms with van der Waals surface area (Å²) in [5.74, 6) is -1.33. The van der Waals surface area contributed by atoms with Crippen LogP contribution in [0.1, 0.15) is 17.3 Å². The van der Waals surface area contributed by atoms with Crippen molar-refractivity contribution >= 4 is 43.3 Å². The molecule has 0 heterocycles. The van der Waals surface area contributed by atoms with E-state index < -0.39 is 27.0 Å². The maximum absolute atomic E-state index is 11.6. The van der Waals surface area contributed by atoms with Crippen molar-refractivity contribution in [1.29, 1.82) is 0 Å². The van der Waals surface area contributed by atoms with Gasteiger partial charge in [0.25, 0.3) is 5.69 Å². The van der Waals surface area contributed by atoms with Crippen molar-refractivity contribution in [1.82, 2.24) is 0 Å². The number of hydrogen-bond acceptors (Lipinski definition) is 4. The molecular weight excluding hydrogens is 346 g/mol. The third kappa shape index (κ3) is 2.59. The fourth-order valence-corrected chi connectivity index (χ4v) is 1.80. The molecule has 5 nitrogen and oxygen atoms in total. The van der Waals surface area contributed by atoms with Gasteiger partial charge < -0.3 is 5.11 Å². The van der Waals surface area contributed by atoms with Crippen molar-refractivity contribution in [3.8, 4) is 5.75 Å². The van der Waals surface area contributed by atoms with E-state index in [2.05, 4.69) is 31.9 Å². The molecule has 0 fully saturated rings. The maximum atomic E-state index is 11.6. The number of alkyl halides is 1. The van der Waals surface area contributed by atoms with Crippen LogP contribution in [0.15, 0.2) is 16.6 Å². The summed E-state index contributed by atoms with van der Waals surface area (Å²) in [5.41, 5.74) is -0.795. The number of carbonyl (C=O) groups excluding carboxylic acids is 1. The highest BCUT2D eigenvalue weighted by molar-refractivity contribution is 9.10. The number of halogens is 2. The molecule has 0 amide bonds. The van der Waals surface area contributed by atoms with Crippen LogP contribution in [0.4, 0.5) is 5.69 Å². The van der Waals surface area contributed by atoms with Gasteiger partial charge in [-0.3, -0.25) is 14.9 Å². The van der Waals surface area contributed by atoms with Crippen molar-refractivity contribution in [2.24, 2.45) is 0 Å². The summed E-state index contributed by atoms with van der Waals surface area (Å²) < 4.78 is 0.329. The van der Waals surface area contributed by atoms with Crippen molar-refractivity contribution in [3.63, 3.8) is 0 Å². The third-order valence-corrected chi connectivity index (χ3v) is 2.73. The molecule has 0 saturated carbocycles. The highest BCUT2D eigenvalue weighted by atomic mass is 79.9. The zero-order valence-electron chi connectivity index (χ0n) is 8.07. The van der Waals surface area contributed by atoms with Crippen LogP contribution in [-0.4, -0.2) is 15.5 Å². The van der Waals surface area contributed by atoms with Gasteiger partial charge in [-0.15, -0.1) is 0 Å². The molecule has 0 aromatic heterocycles. The Balaban J connectivity index is 3.41. The van der Waals surface area contributed by atoms with Gasteiger partial charge in [0.1, 0.15) is 0 Å². The fraction of sp³-hybridized carbons (Fsp3) is 0.222. The van der Waals surface area contributed by atoms with Crippen molar-refractivity contribution in [2.45, 2.75) is 11.8 Å². The number of hydrogen-bond donors (Lipinski definition) is 0. The minimum Gasteiger partial charge on any atom is -0.867 e. The van der Waals surface area contributed by atoms with Gasteiger partial charge in [0.2, 0.25) is 0 Å². The molecule has 0 N–H and O–H groups in total. The zero-order chi connectivity index (χ0) is 12.5. The van der Waals surface area contributed by atoms with E-state index in [-0.39, 0.29) is 5.56 Å². The van der Waals surface area contributed by atoms with Crippen LogP contribution in [-0.2, 0) is 0 Å². The first-order valence-corrected chi connectivity index (χ1v) is 5.88. The topological polar surface area (TPSA) is 83.3 Å². The van der Waals surface area contributed by atoms with Gasteiger partial charge in [0, 0.05) is 16.1 Å². The second kappa shape index (κ2) is 4.92. The van der Waals surface area contributed by atoms with Gasteiger partial charge in [0.05, 0.1) is 9.75 Å². The molecule has 0 spiro atoms. The monoisotopic (exact) mass is 350 g/mol. The molecule has 0 unspecified atom stereocenters. The van der Waals surface area contributed by atoms with E-state index in [9.17, 15) is 20.0 Å². The minimum atomic E-state index is -0.857. The lowest BCUT2D eigenvalue weighted by molar-refractivity contribution is -0.398. The Kier molecular flexibility index (Phi) is 4.03. The molecule has 1 atom stereocenters. The first kappa shape index (κ1) is 13.1. The molecule has 0 radical (unpaired) electrons. The number of benzene rings is 1. The third-order valence-electron chi connectivity index (χ3n) is 1.86. The number of nitro benzene ring substituents is 1. The largest absolute Gasteiger partial charge is 0.867 e. The van der Waals surface area contributed by atoms with E-state index in [4.69, 9.17) is 0 Å². The van der Waals surface area contributed by atoms with E-state index in [1.807, 2.05) is 0 Å². The van der Waals surface area contributed by atoms with E-state index in [0.29, 0.717) is 4.47 Å². The predicted octanol–water partition coefficient (Wildman–Crippen LogP) is 2.40. The van der Waals surface area contributed by atoms with E-state index in [1.165, 1.54) is 6.07 Å². The molecule has 1 rings (SSSR count). The maximum Gasteiger partial charge on any atom is 0.263 e. The fourth-order valence-electron chi connectivity index (χ4n) is 1.11. The summed E-state index contributed by atoms with van der Waals surface area (Å²) in [4.78, 5) is 20.8. The lowest BCUT2D eigenvalue weighted by atomic mass is 10.1. The van der Waals surface area contributed by atoms with Gasteiger partial charge >= 0.3 is 0 Å². The number of nitrogens with zero attached hydrogens (tertiary/aromatic N) is 1. The number of carbonyl (C=O) groups is 1. The smallest absolute Gasteiger partial charge is 0.263 e. The minimum absolute atomic E-state index is 0.189. The average molecular weight is 352 g/mol. The average Bonchev–Trinajstić information content (AvgIpc) is 2.19. The van der Waals surface area contributed by atoms with E-state index >= 15 is 0 Å². The molecule has 7 heteroatoms. The molecule has 0 saturated heterocycles. The molecule has 0 aliphatic rings. The van der Waals surface area contributed by atoms with Gasteiger partial charge in [-0.25, -0.2) is 0 Å². The van der Waals surface area contributed by atoms with Crippen LogP contribution in [0.2, 0.25) is 0 Å². The summed E-state index contributed by atoms with van der Waals surface area (Å²) >= 11 is 6.05. The van der Waals surface area contributed by atoms with E-state index in [1.54, 1.807) is 6.92 Å². The molecule has 0 aliphatic heterocycles. The highest BCUT2D eigenvalue weighted by Gasteiger charge is 2.19. The number of ketones is 1. The van der Waals surface area contributed by atoms with Crippen molar-refractivity contribution in [3.05, 3.63) is 32.3 Å². The van der Waals surface area contributed by atoms with Gasteiger partial charge in [-0.05, 0) is 18.7 Å². The predicted molar refractivity (Wildman–Crippen MR) is 63.0 cm³/mol. The summed E-state index contributed by atoms with van der Waals surface area (Å²) in [6.45, 7) is 1.55. The Bertz CT molecular complexity index is 459. The highest BCUT2D eigenvalue weighted by Crippen LogP contribution is 2.32. The molecule has 0 bridgehead atoms. The van der Waals surface area contributed by atoms with Crippen LogP contribution in [0, 0.1) is 10.1 Å². The quantitative estimate of drug-likeness (QED) is 0.362. The zero-order valence-corrected chi connectivity index (χ0v) is 11.2. The number of rotatable bonds is 3. The second-order valence-electron chi connectivity index (χ2n) is 3.04. The Morgan fingerprint density at radius 2 is 2.06 bits per heavy atom.